The fourth-order valence-electron chi connectivity index (χ4n) is 2.86. The Kier molecular flexibility index (Phi) is 5.19. The molecule has 1 aliphatic heterocycles. The molecule has 0 spiro atoms. The minimum absolute atomic E-state index is 0.777. The van der Waals surface area contributed by atoms with Crippen LogP contribution < -0.4 is 10.6 Å². The summed E-state index contributed by atoms with van der Waals surface area (Å²) in [4.78, 5) is 0. The molecule has 0 saturated carbocycles. The van der Waals surface area contributed by atoms with E-state index >= 15 is 0 Å². The molecule has 0 radical (unpaired) electrons. The summed E-state index contributed by atoms with van der Waals surface area (Å²) in [5, 5.41) is 7.68. The lowest BCUT2D eigenvalue weighted by Gasteiger charge is -2.22. The zero-order chi connectivity index (χ0) is 15.4. The van der Waals surface area contributed by atoms with Gasteiger partial charge in [0.1, 0.15) is 11.5 Å². The summed E-state index contributed by atoms with van der Waals surface area (Å²) < 4.78 is 5.92. The lowest BCUT2D eigenvalue weighted by atomic mass is 9.98. The Hall–Kier alpha value is -1.29. The van der Waals surface area contributed by atoms with Crippen molar-refractivity contribution in [2.45, 2.75) is 26.3 Å². The number of hydrogen-bond donors (Lipinski definition) is 2. The molecule has 2 aromatic rings. The van der Waals surface area contributed by atoms with Crippen LogP contribution in [0.25, 0.3) is 11.3 Å². The van der Waals surface area contributed by atoms with E-state index in [1.807, 2.05) is 37.3 Å². The van der Waals surface area contributed by atoms with Gasteiger partial charge in [0.2, 0.25) is 0 Å². The molecule has 1 saturated heterocycles. The number of halogens is 1. The molecule has 1 fully saturated rings. The van der Waals surface area contributed by atoms with E-state index < -0.39 is 0 Å². The van der Waals surface area contributed by atoms with E-state index in [0.29, 0.717) is 0 Å². The van der Waals surface area contributed by atoms with Crippen molar-refractivity contribution < 1.29 is 4.42 Å². The third kappa shape index (κ3) is 3.92. The zero-order valence-electron chi connectivity index (χ0n) is 13.0. The van der Waals surface area contributed by atoms with E-state index in [9.17, 15) is 0 Å². The van der Waals surface area contributed by atoms with Crippen molar-refractivity contribution >= 4 is 11.6 Å². The van der Waals surface area contributed by atoms with E-state index in [-0.39, 0.29) is 0 Å². The number of nitrogens with one attached hydrogen (secondary N) is 2. The Labute approximate surface area is 137 Å². The van der Waals surface area contributed by atoms with E-state index in [0.717, 1.165) is 59.8 Å². The SMILES string of the molecule is Cc1ccc(-c2ccc(CNCC3CCNCC3)o2)cc1Cl. The highest BCUT2D eigenvalue weighted by Crippen LogP contribution is 2.26. The Morgan fingerprint density at radius 3 is 2.82 bits per heavy atom. The Balaban J connectivity index is 1.55. The van der Waals surface area contributed by atoms with E-state index in [1.165, 1.54) is 12.8 Å². The molecule has 2 heterocycles. The van der Waals surface area contributed by atoms with Crippen LogP contribution in [0.3, 0.4) is 0 Å². The van der Waals surface area contributed by atoms with Gasteiger partial charge in [-0.2, -0.15) is 0 Å². The molecule has 0 atom stereocenters. The molecule has 0 bridgehead atoms. The van der Waals surface area contributed by atoms with Crippen molar-refractivity contribution in [2.24, 2.45) is 5.92 Å². The normalized spacial score (nSPS) is 16.1. The van der Waals surface area contributed by atoms with E-state index in [4.69, 9.17) is 16.0 Å². The van der Waals surface area contributed by atoms with Gasteiger partial charge in [0.05, 0.1) is 6.54 Å². The zero-order valence-corrected chi connectivity index (χ0v) is 13.7. The summed E-state index contributed by atoms with van der Waals surface area (Å²) in [5.41, 5.74) is 2.11. The second-order valence-corrected chi connectivity index (χ2v) is 6.46. The highest BCUT2D eigenvalue weighted by Gasteiger charge is 2.12. The summed E-state index contributed by atoms with van der Waals surface area (Å²) in [6, 6.07) is 10.1. The maximum Gasteiger partial charge on any atom is 0.134 e. The van der Waals surface area contributed by atoms with Crippen molar-refractivity contribution in [1.29, 1.82) is 0 Å². The lowest BCUT2D eigenvalue weighted by Crippen LogP contribution is -2.33. The van der Waals surface area contributed by atoms with Crippen LogP contribution in [0.5, 0.6) is 0 Å². The van der Waals surface area contributed by atoms with E-state index in [1.54, 1.807) is 0 Å². The number of aryl methyl sites for hydroxylation is 1. The summed E-state index contributed by atoms with van der Waals surface area (Å²) in [7, 11) is 0. The topological polar surface area (TPSA) is 37.2 Å². The van der Waals surface area contributed by atoms with E-state index in [2.05, 4.69) is 10.6 Å². The van der Waals surface area contributed by atoms with Crippen LogP contribution in [0.1, 0.15) is 24.2 Å². The molecule has 0 amide bonds. The highest BCUT2D eigenvalue weighted by atomic mass is 35.5. The lowest BCUT2D eigenvalue weighted by molar-refractivity contribution is 0.350. The van der Waals surface area contributed by atoms with Gasteiger partial charge in [-0.25, -0.2) is 0 Å². The third-order valence-corrected chi connectivity index (χ3v) is 4.72. The van der Waals surface area contributed by atoms with Gasteiger partial charge in [-0.15, -0.1) is 0 Å². The number of hydrogen-bond acceptors (Lipinski definition) is 3. The molecule has 4 heteroatoms. The van der Waals surface area contributed by atoms with Crippen LogP contribution in [-0.4, -0.2) is 19.6 Å². The molecule has 1 aliphatic rings. The van der Waals surface area contributed by atoms with Gasteiger partial charge in [-0.1, -0.05) is 23.7 Å². The Morgan fingerprint density at radius 2 is 2.05 bits per heavy atom. The molecule has 1 aromatic heterocycles. The molecule has 2 N–H and O–H groups in total. The summed E-state index contributed by atoms with van der Waals surface area (Å²) in [6.07, 6.45) is 2.52. The average Bonchev–Trinajstić information content (AvgIpc) is 3.00. The number of rotatable bonds is 5. The Morgan fingerprint density at radius 1 is 1.23 bits per heavy atom. The molecule has 0 aliphatic carbocycles. The smallest absolute Gasteiger partial charge is 0.134 e. The molecule has 22 heavy (non-hydrogen) atoms. The van der Waals surface area contributed by atoms with Gasteiger partial charge in [-0.05, 0) is 69.1 Å². The first kappa shape index (κ1) is 15.6. The van der Waals surface area contributed by atoms with Crippen molar-refractivity contribution in [3.63, 3.8) is 0 Å². The molecule has 3 rings (SSSR count). The summed E-state index contributed by atoms with van der Waals surface area (Å²) >= 11 is 6.18. The van der Waals surface area contributed by atoms with Gasteiger partial charge in [0.25, 0.3) is 0 Å². The first-order valence-corrected chi connectivity index (χ1v) is 8.37. The van der Waals surface area contributed by atoms with Gasteiger partial charge >= 0.3 is 0 Å². The minimum Gasteiger partial charge on any atom is -0.460 e. The molecular weight excluding hydrogens is 296 g/mol. The van der Waals surface area contributed by atoms with Crippen LogP contribution in [0.2, 0.25) is 5.02 Å². The quantitative estimate of drug-likeness (QED) is 0.875. The predicted molar refractivity (Wildman–Crippen MR) is 91.2 cm³/mol. The minimum atomic E-state index is 0.777. The number of furan rings is 1. The maximum absolute atomic E-state index is 6.18. The van der Waals surface area contributed by atoms with Crippen molar-refractivity contribution in [3.05, 3.63) is 46.7 Å². The van der Waals surface area contributed by atoms with Crippen molar-refractivity contribution in [3.8, 4) is 11.3 Å². The molecule has 3 nitrogen and oxygen atoms in total. The molecular formula is C18H23ClN2O. The van der Waals surface area contributed by atoms with Crippen LogP contribution in [0.4, 0.5) is 0 Å². The molecule has 118 valence electrons. The number of benzene rings is 1. The van der Waals surface area contributed by atoms with Gasteiger partial charge in [-0.3, -0.25) is 0 Å². The summed E-state index contributed by atoms with van der Waals surface area (Å²) in [6.45, 7) is 6.14. The van der Waals surface area contributed by atoms with Gasteiger partial charge in [0, 0.05) is 10.6 Å². The van der Waals surface area contributed by atoms with Crippen LogP contribution in [-0.2, 0) is 6.54 Å². The molecule has 0 unspecified atom stereocenters. The average molecular weight is 319 g/mol. The number of piperidine rings is 1. The fraction of sp³-hybridized carbons (Fsp3) is 0.444. The van der Waals surface area contributed by atoms with Gasteiger partial charge < -0.3 is 15.1 Å². The highest BCUT2D eigenvalue weighted by molar-refractivity contribution is 6.31. The first-order chi connectivity index (χ1) is 10.7. The molecule has 1 aromatic carbocycles. The van der Waals surface area contributed by atoms with Crippen molar-refractivity contribution in [1.82, 2.24) is 10.6 Å². The largest absolute Gasteiger partial charge is 0.460 e. The van der Waals surface area contributed by atoms with Crippen LogP contribution in [0.15, 0.2) is 34.7 Å². The van der Waals surface area contributed by atoms with Crippen molar-refractivity contribution in [2.75, 3.05) is 19.6 Å². The monoisotopic (exact) mass is 318 g/mol. The maximum atomic E-state index is 6.18. The van der Waals surface area contributed by atoms with Crippen LogP contribution >= 0.6 is 11.6 Å². The van der Waals surface area contributed by atoms with Gasteiger partial charge in [0.15, 0.2) is 0 Å². The fourth-order valence-corrected chi connectivity index (χ4v) is 3.04. The predicted octanol–water partition coefficient (Wildman–Crippen LogP) is 4.00. The summed E-state index contributed by atoms with van der Waals surface area (Å²) in [5.74, 6) is 2.63. The standard InChI is InChI=1S/C18H23ClN2O/c1-13-2-3-15(10-17(13)19)18-5-4-16(22-18)12-21-11-14-6-8-20-9-7-14/h2-5,10,14,20-21H,6-9,11-12H2,1H3. The second-order valence-electron chi connectivity index (χ2n) is 6.05. The van der Waals surface area contributed by atoms with Crippen LogP contribution in [0, 0.1) is 12.8 Å². The Bertz CT molecular complexity index is 617. The second kappa shape index (κ2) is 7.32. The third-order valence-electron chi connectivity index (χ3n) is 4.31. The first-order valence-electron chi connectivity index (χ1n) is 7.99.